The molecule has 7 heteroatoms. The van der Waals surface area contributed by atoms with Crippen molar-refractivity contribution in [3.05, 3.63) is 112 Å². The number of halogens is 1. The van der Waals surface area contributed by atoms with Gasteiger partial charge in [-0.2, -0.15) is 0 Å². The van der Waals surface area contributed by atoms with Crippen LogP contribution in [0.2, 0.25) is 0 Å². The largest absolute Gasteiger partial charge is 0.502 e. The van der Waals surface area contributed by atoms with Crippen molar-refractivity contribution in [2.75, 3.05) is 0 Å². The lowest BCUT2D eigenvalue weighted by Crippen LogP contribution is -2.30. The monoisotopic (exact) mass is 479 g/mol. The highest BCUT2D eigenvalue weighted by Crippen LogP contribution is 2.43. The fourth-order valence-electron chi connectivity index (χ4n) is 4.09. The fraction of sp³-hybridized carbons (Fsp3) is 0.222. The number of aliphatic hydroxyl groups excluding tert-OH is 1. The molecule has 0 spiro atoms. The summed E-state index contributed by atoms with van der Waals surface area (Å²) in [5.41, 5.74) is 3.13. The average Bonchev–Trinajstić information content (AvgIpc) is 3.06. The molecular weight excluding hydrogens is 453 g/mol. The molecule has 1 atom stereocenters. The van der Waals surface area contributed by atoms with Crippen LogP contribution in [0.3, 0.4) is 0 Å². The highest BCUT2D eigenvalue weighted by atomic mass is 32.2. The minimum absolute atomic E-state index is 0.000109. The molecule has 4 rings (SSSR count). The van der Waals surface area contributed by atoms with Gasteiger partial charge in [0.2, 0.25) is 9.84 Å². The van der Waals surface area contributed by atoms with Crippen molar-refractivity contribution in [3.63, 3.8) is 0 Å². The molecule has 176 valence electrons. The van der Waals surface area contributed by atoms with Gasteiger partial charge in [0.1, 0.15) is 10.7 Å². The van der Waals surface area contributed by atoms with E-state index in [4.69, 9.17) is 0 Å². The van der Waals surface area contributed by atoms with Gasteiger partial charge >= 0.3 is 0 Å². The lowest BCUT2D eigenvalue weighted by Gasteiger charge is -2.27. The van der Waals surface area contributed by atoms with Crippen LogP contribution in [0.15, 0.2) is 88.4 Å². The maximum absolute atomic E-state index is 13.7. The predicted molar refractivity (Wildman–Crippen MR) is 128 cm³/mol. The number of hydrogen-bond acceptors (Lipinski definition) is 4. The lowest BCUT2D eigenvalue weighted by molar-refractivity contribution is -0.130. The molecule has 0 aromatic heterocycles. The zero-order chi connectivity index (χ0) is 24.6. The minimum Gasteiger partial charge on any atom is -0.502 e. The van der Waals surface area contributed by atoms with Crippen LogP contribution in [-0.4, -0.2) is 24.3 Å². The summed E-state index contributed by atoms with van der Waals surface area (Å²) in [4.78, 5) is 14.1. The van der Waals surface area contributed by atoms with E-state index >= 15 is 0 Å². The second-order valence-electron chi connectivity index (χ2n) is 8.81. The van der Waals surface area contributed by atoms with Crippen molar-refractivity contribution in [2.24, 2.45) is 0 Å². The van der Waals surface area contributed by atoms with Crippen LogP contribution in [0.4, 0.5) is 4.39 Å². The molecule has 0 fully saturated rings. The topological polar surface area (TPSA) is 74.7 Å². The van der Waals surface area contributed by atoms with E-state index < -0.39 is 33.4 Å². The van der Waals surface area contributed by atoms with E-state index in [0.29, 0.717) is 11.1 Å². The number of carbonyl (C=O) groups excluding carboxylic acids is 1. The average molecular weight is 480 g/mol. The molecule has 1 aliphatic rings. The third-order valence-electron chi connectivity index (χ3n) is 6.06. The Morgan fingerprint density at radius 1 is 0.941 bits per heavy atom. The molecule has 34 heavy (non-hydrogen) atoms. The molecule has 0 saturated carbocycles. The van der Waals surface area contributed by atoms with Gasteiger partial charge in [0.25, 0.3) is 5.91 Å². The second-order valence-corrected chi connectivity index (χ2v) is 10.7. The van der Waals surface area contributed by atoms with Crippen molar-refractivity contribution in [3.8, 4) is 0 Å². The van der Waals surface area contributed by atoms with Crippen molar-refractivity contribution in [2.45, 2.75) is 44.2 Å². The van der Waals surface area contributed by atoms with Crippen LogP contribution < -0.4 is 0 Å². The minimum atomic E-state index is -4.19. The third-order valence-corrected chi connectivity index (χ3v) is 7.95. The summed E-state index contributed by atoms with van der Waals surface area (Å²) in [5.74, 6) is -1.72. The molecule has 1 N–H and O–H groups in total. The van der Waals surface area contributed by atoms with Gasteiger partial charge in [-0.3, -0.25) is 4.79 Å². The lowest BCUT2D eigenvalue weighted by atomic mass is 9.98. The van der Waals surface area contributed by atoms with E-state index in [-0.39, 0.29) is 22.3 Å². The maximum atomic E-state index is 13.7. The smallest absolute Gasteiger partial charge is 0.290 e. The Bertz CT molecular complexity index is 1340. The van der Waals surface area contributed by atoms with Crippen LogP contribution in [-0.2, 0) is 21.2 Å². The SMILES string of the molecule is Cc1ccc(S(=O)(=O)C2=C(O)C(=O)N(Cc3ccc(F)cc3)[C@@H]2c2ccc(C(C)C)cc2)cc1. The number of aliphatic hydroxyl groups is 1. The van der Waals surface area contributed by atoms with Crippen molar-refractivity contribution < 1.29 is 22.7 Å². The number of aryl methyl sites for hydroxylation is 1. The molecule has 1 amide bonds. The fourth-order valence-corrected chi connectivity index (χ4v) is 5.74. The van der Waals surface area contributed by atoms with Gasteiger partial charge < -0.3 is 10.0 Å². The number of rotatable bonds is 6. The Balaban J connectivity index is 1.84. The predicted octanol–water partition coefficient (Wildman–Crippen LogP) is 5.58. The molecule has 0 radical (unpaired) electrons. The summed E-state index contributed by atoms with van der Waals surface area (Å²) in [6.07, 6.45) is 0. The first-order chi connectivity index (χ1) is 16.1. The molecule has 5 nitrogen and oxygen atoms in total. The molecule has 1 aliphatic heterocycles. The quantitative estimate of drug-likeness (QED) is 0.501. The summed E-state index contributed by atoms with van der Waals surface area (Å²) < 4.78 is 40.7. The van der Waals surface area contributed by atoms with E-state index in [1.54, 1.807) is 24.3 Å². The van der Waals surface area contributed by atoms with Crippen molar-refractivity contribution in [1.82, 2.24) is 4.90 Å². The van der Waals surface area contributed by atoms with Gasteiger partial charge in [0, 0.05) is 6.54 Å². The zero-order valence-corrected chi connectivity index (χ0v) is 20.0. The van der Waals surface area contributed by atoms with Gasteiger partial charge in [-0.15, -0.1) is 0 Å². The molecule has 1 heterocycles. The Morgan fingerprint density at radius 3 is 2.09 bits per heavy atom. The van der Waals surface area contributed by atoms with Crippen molar-refractivity contribution >= 4 is 15.7 Å². The van der Waals surface area contributed by atoms with Gasteiger partial charge in [0.05, 0.1) is 10.9 Å². The molecule has 0 bridgehead atoms. The number of carbonyl (C=O) groups is 1. The Labute approximate surface area is 199 Å². The first-order valence-corrected chi connectivity index (χ1v) is 12.5. The molecular formula is C27H26FNO4S. The first kappa shape index (κ1) is 23.7. The molecule has 0 unspecified atom stereocenters. The second kappa shape index (κ2) is 9.06. The van der Waals surface area contributed by atoms with E-state index in [1.807, 2.05) is 32.9 Å². The number of sulfone groups is 1. The Hall–Kier alpha value is -3.45. The van der Waals surface area contributed by atoms with E-state index in [1.165, 1.54) is 41.3 Å². The molecule has 3 aromatic rings. The maximum Gasteiger partial charge on any atom is 0.290 e. The summed E-state index contributed by atoms with van der Waals surface area (Å²) >= 11 is 0. The zero-order valence-electron chi connectivity index (χ0n) is 19.2. The summed E-state index contributed by atoms with van der Waals surface area (Å²) in [7, 11) is -4.19. The van der Waals surface area contributed by atoms with Crippen LogP contribution in [0.5, 0.6) is 0 Å². The normalized spacial score (nSPS) is 16.6. The highest BCUT2D eigenvalue weighted by molar-refractivity contribution is 7.95. The van der Waals surface area contributed by atoms with Crippen LogP contribution in [0.1, 0.15) is 48.1 Å². The van der Waals surface area contributed by atoms with E-state index in [0.717, 1.165) is 11.1 Å². The van der Waals surface area contributed by atoms with Gasteiger partial charge in [-0.05, 0) is 53.8 Å². The standard InChI is InChI=1S/C27H26FNO4S/c1-17(2)20-8-10-21(11-9-20)24-26(34(32,33)23-14-4-18(3)5-15-23)25(30)27(31)29(24)16-19-6-12-22(28)13-7-19/h4-15,17,24,30H,16H2,1-3H3/t24-/m1/s1. The highest BCUT2D eigenvalue weighted by Gasteiger charge is 2.46. The van der Waals surface area contributed by atoms with Crippen LogP contribution >= 0.6 is 0 Å². The Kier molecular flexibility index (Phi) is 6.32. The van der Waals surface area contributed by atoms with Gasteiger partial charge in [-0.1, -0.05) is 67.9 Å². The molecule has 3 aromatic carbocycles. The van der Waals surface area contributed by atoms with Crippen LogP contribution in [0, 0.1) is 12.7 Å². The van der Waals surface area contributed by atoms with E-state index in [2.05, 4.69) is 0 Å². The van der Waals surface area contributed by atoms with Crippen molar-refractivity contribution in [1.29, 1.82) is 0 Å². The van der Waals surface area contributed by atoms with E-state index in [9.17, 15) is 22.7 Å². The van der Waals surface area contributed by atoms with Gasteiger partial charge in [-0.25, -0.2) is 12.8 Å². The van der Waals surface area contributed by atoms with Gasteiger partial charge in [0.15, 0.2) is 5.76 Å². The number of amides is 1. The number of hydrogen-bond donors (Lipinski definition) is 1. The Morgan fingerprint density at radius 2 is 1.53 bits per heavy atom. The summed E-state index contributed by atoms with van der Waals surface area (Å²) in [5, 5.41) is 10.8. The summed E-state index contributed by atoms with van der Waals surface area (Å²) in [6, 6.07) is 18.2. The molecule has 0 aliphatic carbocycles. The third kappa shape index (κ3) is 4.35. The summed E-state index contributed by atoms with van der Waals surface area (Å²) in [6.45, 7) is 5.95. The number of nitrogens with zero attached hydrogens (tertiary/aromatic N) is 1. The molecule has 0 saturated heterocycles. The van der Waals surface area contributed by atoms with Crippen LogP contribution in [0.25, 0.3) is 0 Å². The number of benzene rings is 3. The first-order valence-electron chi connectivity index (χ1n) is 11.0.